The number of hydrogen-bond acceptors (Lipinski definition) is 9. The van der Waals surface area contributed by atoms with Crippen LogP contribution in [0.3, 0.4) is 0 Å². The summed E-state index contributed by atoms with van der Waals surface area (Å²) in [6, 6.07) is -6.05. The molecule has 0 rings (SSSR count). The summed E-state index contributed by atoms with van der Waals surface area (Å²) in [5.74, 6) is -6.83. The molecule has 15 heteroatoms. The van der Waals surface area contributed by atoms with Gasteiger partial charge in [-0.2, -0.15) is 0 Å². The third-order valence-electron chi connectivity index (χ3n) is 4.40. The van der Waals surface area contributed by atoms with E-state index in [0.29, 0.717) is 12.8 Å². The van der Waals surface area contributed by atoms with Crippen LogP contribution >= 0.6 is 0 Å². The molecule has 33 heavy (non-hydrogen) atoms. The Kier molecular flexibility index (Phi) is 13.2. The third kappa shape index (κ3) is 11.8. The second-order valence-electron chi connectivity index (χ2n) is 7.35. The summed E-state index contributed by atoms with van der Waals surface area (Å²) in [6.45, 7) is 1.44. The van der Waals surface area contributed by atoms with Crippen LogP contribution in [-0.2, 0) is 28.8 Å². The summed E-state index contributed by atoms with van der Waals surface area (Å²) >= 11 is 0. The number of rotatable bonds is 16. The van der Waals surface area contributed by atoms with Crippen molar-refractivity contribution in [3.8, 4) is 0 Å². The van der Waals surface area contributed by atoms with Gasteiger partial charge in [0.1, 0.15) is 12.1 Å². The van der Waals surface area contributed by atoms with Crippen molar-refractivity contribution < 1.29 is 44.1 Å². The molecule has 15 nitrogen and oxygen atoms in total. The van der Waals surface area contributed by atoms with E-state index in [9.17, 15) is 33.9 Å². The zero-order chi connectivity index (χ0) is 25.7. The highest BCUT2D eigenvalue weighted by atomic mass is 16.4. The number of hydrogen-bond donors (Lipinski definition) is 9. The molecule has 0 radical (unpaired) electrons. The van der Waals surface area contributed by atoms with Gasteiger partial charge < -0.3 is 48.5 Å². The standard InChI is InChI=1S/C18H32N6O9/c1-8(25)14(18(32)33)24-16(30)10(4-2-3-5-19)22-17(31)11(7-12(21)26)23-15(29)9(20)6-13(27)28/h8-11,14,25H,2-7,19-20H2,1H3,(H2,21,26)(H,22,31)(H,23,29)(H,24,30)(H,27,28)(H,32,33). The fourth-order valence-electron chi connectivity index (χ4n) is 2.65. The molecule has 188 valence electrons. The minimum atomic E-state index is -1.65. The number of carboxylic acid groups (broad SMARTS) is 2. The van der Waals surface area contributed by atoms with Gasteiger partial charge in [0.15, 0.2) is 6.04 Å². The molecule has 5 atom stereocenters. The highest BCUT2D eigenvalue weighted by Crippen LogP contribution is 2.05. The predicted molar refractivity (Wildman–Crippen MR) is 112 cm³/mol. The molecule has 0 aliphatic heterocycles. The van der Waals surface area contributed by atoms with E-state index in [4.69, 9.17) is 27.4 Å². The van der Waals surface area contributed by atoms with Gasteiger partial charge in [0.2, 0.25) is 23.6 Å². The number of aliphatic hydroxyl groups is 1. The number of amides is 4. The van der Waals surface area contributed by atoms with Crippen molar-refractivity contribution in [2.24, 2.45) is 17.2 Å². The number of aliphatic hydroxyl groups excluding tert-OH is 1. The van der Waals surface area contributed by atoms with Crippen LogP contribution < -0.4 is 33.2 Å². The summed E-state index contributed by atoms with van der Waals surface area (Å²) in [7, 11) is 0. The molecule has 0 aromatic rings. The van der Waals surface area contributed by atoms with Crippen molar-refractivity contribution in [2.45, 2.75) is 69.3 Å². The number of carboxylic acids is 2. The van der Waals surface area contributed by atoms with E-state index in [0.717, 1.165) is 6.92 Å². The fraction of sp³-hybridized carbons (Fsp3) is 0.667. The molecule has 12 N–H and O–H groups in total. The van der Waals surface area contributed by atoms with Crippen molar-refractivity contribution >= 4 is 35.6 Å². The number of primary amides is 1. The predicted octanol–water partition coefficient (Wildman–Crippen LogP) is -4.29. The average Bonchev–Trinajstić information content (AvgIpc) is 2.69. The monoisotopic (exact) mass is 476 g/mol. The number of nitrogens with two attached hydrogens (primary N) is 3. The van der Waals surface area contributed by atoms with Crippen LogP contribution in [0, 0.1) is 0 Å². The molecule has 0 saturated carbocycles. The van der Waals surface area contributed by atoms with Gasteiger partial charge in [0.25, 0.3) is 0 Å². The van der Waals surface area contributed by atoms with E-state index in [1.807, 2.05) is 0 Å². The molecule has 0 spiro atoms. The molecule has 0 fully saturated rings. The van der Waals surface area contributed by atoms with E-state index in [1.54, 1.807) is 0 Å². The Bertz CT molecular complexity index is 730. The van der Waals surface area contributed by atoms with E-state index in [-0.39, 0.29) is 13.0 Å². The minimum absolute atomic E-state index is 0.0245. The Balaban J connectivity index is 5.53. The van der Waals surface area contributed by atoms with Crippen LogP contribution in [0.1, 0.15) is 39.0 Å². The summed E-state index contributed by atoms with van der Waals surface area (Å²) < 4.78 is 0. The molecule has 0 aromatic heterocycles. The van der Waals surface area contributed by atoms with Gasteiger partial charge >= 0.3 is 11.9 Å². The van der Waals surface area contributed by atoms with E-state index in [1.165, 1.54) is 0 Å². The smallest absolute Gasteiger partial charge is 0.328 e. The highest BCUT2D eigenvalue weighted by Gasteiger charge is 2.32. The number of carbonyl (C=O) groups excluding carboxylic acids is 4. The van der Waals surface area contributed by atoms with Gasteiger partial charge in [-0.1, -0.05) is 0 Å². The minimum Gasteiger partial charge on any atom is -0.481 e. The van der Waals surface area contributed by atoms with Crippen LogP contribution in [0.25, 0.3) is 0 Å². The van der Waals surface area contributed by atoms with Gasteiger partial charge in [0, 0.05) is 0 Å². The van der Waals surface area contributed by atoms with Crippen LogP contribution in [0.15, 0.2) is 0 Å². The van der Waals surface area contributed by atoms with Crippen molar-refractivity contribution in [3.05, 3.63) is 0 Å². The van der Waals surface area contributed by atoms with Gasteiger partial charge in [-0.15, -0.1) is 0 Å². The Morgan fingerprint density at radius 1 is 0.848 bits per heavy atom. The Morgan fingerprint density at radius 2 is 1.39 bits per heavy atom. The Labute approximate surface area is 189 Å². The first kappa shape index (κ1) is 29.7. The largest absolute Gasteiger partial charge is 0.481 e. The lowest BCUT2D eigenvalue weighted by Crippen LogP contribution is -2.58. The van der Waals surface area contributed by atoms with E-state index in [2.05, 4.69) is 16.0 Å². The number of nitrogens with one attached hydrogen (secondary N) is 3. The molecule has 0 bridgehead atoms. The van der Waals surface area contributed by atoms with Gasteiger partial charge in [-0.05, 0) is 32.7 Å². The fourth-order valence-corrected chi connectivity index (χ4v) is 2.65. The maximum absolute atomic E-state index is 12.7. The first-order valence-corrected chi connectivity index (χ1v) is 10.1. The molecular weight excluding hydrogens is 444 g/mol. The SMILES string of the molecule is CC(O)C(NC(=O)C(CCCCN)NC(=O)C(CC(N)=O)NC(=O)C(N)CC(=O)O)C(=O)O. The summed E-state index contributed by atoms with van der Waals surface area (Å²) in [5, 5.41) is 34.0. The lowest BCUT2D eigenvalue weighted by molar-refractivity contribution is -0.145. The summed E-state index contributed by atoms with van der Waals surface area (Å²) in [6.07, 6.45) is -2.00. The molecule has 4 amide bonds. The van der Waals surface area contributed by atoms with E-state index >= 15 is 0 Å². The molecule has 0 heterocycles. The van der Waals surface area contributed by atoms with Crippen molar-refractivity contribution in [2.75, 3.05) is 6.54 Å². The maximum Gasteiger partial charge on any atom is 0.328 e. The molecule has 0 aliphatic carbocycles. The van der Waals surface area contributed by atoms with Gasteiger partial charge in [-0.25, -0.2) is 4.79 Å². The van der Waals surface area contributed by atoms with Crippen LogP contribution in [0.4, 0.5) is 0 Å². The Morgan fingerprint density at radius 3 is 1.85 bits per heavy atom. The van der Waals surface area contributed by atoms with Crippen molar-refractivity contribution in [1.29, 1.82) is 0 Å². The van der Waals surface area contributed by atoms with Crippen LogP contribution in [0.2, 0.25) is 0 Å². The quantitative estimate of drug-likeness (QED) is 0.0960. The zero-order valence-corrected chi connectivity index (χ0v) is 18.2. The lowest BCUT2D eigenvalue weighted by atomic mass is 10.1. The molecule has 5 unspecified atom stereocenters. The maximum atomic E-state index is 12.7. The van der Waals surface area contributed by atoms with E-state index < -0.39 is 78.7 Å². The molecule has 0 aromatic carbocycles. The topological polar surface area (TPSA) is 277 Å². The van der Waals surface area contributed by atoms with Gasteiger partial charge in [0.05, 0.1) is 25.0 Å². The summed E-state index contributed by atoms with van der Waals surface area (Å²) in [4.78, 5) is 70.7. The highest BCUT2D eigenvalue weighted by molar-refractivity contribution is 5.96. The van der Waals surface area contributed by atoms with Crippen molar-refractivity contribution in [1.82, 2.24) is 16.0 Å². The molecule has 0 aliphatic rings. The van der Waals surface area contributed by atoms with Crippen LogP contribution in [-0.4, -0.2) is 87.7 Å². The first-order chi connectivity index (χ1) is 15.3. The number of aliphatic carboxylic acids is 2. The average molecular weight is 476 g/mol. The second kappa shape index (κ2) is 14.7. The van der Waals surface area contributed by atoms with Gasteiger partial charge in [-0.3, -0.25) is 24.0 Å². The molecular formula is C18H32N6O9. The number of unbranched alkanes of at least 4 members (excludes halogenated alkanes) is 1. The molecule has 0 saturated heterocycles. The zero-order valence-electron chi connectivity index (χ0n) is 18.2. The second-order valence-corrected chi connectivity index (χ2v) is 7.35. The summed E-state index contributed by atoms with van der Waals surface area (Å²) in [5.41, 5.74) is 16.0. The normalized spacial score (nSPS) is 15.3. The first-order valence-electron chi connectivity index (χ1n) is 10.1. The van der Waals surface area contributed by atoms with Crippen molar-refractivity contribution in [3.63, 3.8) is 0 Å². The lowest BCUT2D eigenvalue weighted by Gasteiger charge is -2.25. The number of carbonyl (C=O) groups is 6. The van der Waals surface area contributed by atoms with Crippen LogP contribution in [0.5, 0.6) is 0 Å². The third-order valence-corrected chi connectivity index (χ3v) is 4.40. The Hall–Kier alpha value is -3.30.